The van der Waals surface area contributed by atoms with Gasteiger partial charge in [-0.15, -0.1) is 0 Å². The molecule has 1 fully saturated rings. The third-order valence-electron chi connectivity index (χ3n) is 4.37. The van der Waals surface area contributed by atoms with Crippen LogP contribution in [0.5, 0.6) is 11.5 Å². The highest BCUT2D eigenvalue weighted by Gasteiger charge is 2.27. The van der Waals surface area contributed by atoms with Gasteiger partial charge in [0, 0.05) is 42.9 Å². The highest BCUT2D eigenvalue weighted by atomic mass is 79.9. The summed E-state index contributed by atoms with van der Waals surface area (Å²) in [6.07, 6.45) is 1.73. The van der Waals surface area contributed by atoms with Crippen LogP contribution in [-0.4, -0.2) is 67.0 Å². The second kappa shape index (κ2) is 7.82. The number of rotatable bonds is 4. The number of H-pyrrole nitrogens is 1. The van der Waals surface area contributed by atoms with E-state index in [0.29, 0.717) is 48.9 Å². The van der Waals surface area contributed by atoms with Gasteiger partial charge in [0.25, 0.3) is 11.8 Å². The number of carbonyl (C=O) groups excluding carboxylic acids is 2. The van der Waals surface area contributed by atoms with Crippen LogP contribution in [0.4, 0.5) is 0 Å². The third kappa shape index (κ3) is 3.70. The van der Waals surface area contributed by atoms with Gasteiger partial charge in [0.15, 0.2) is 0 Å². The molecule has 2 heterocycles. The number of halogens is 1. The average Bonchev–Trinajstić information content (AvgIpc) is 3.12. The fourth-order valence-electron chi connectivity index (χ4n) is 2.92. The second-order valence-corrected chi connectivity index (χ2v) is 6.80. The monoisotopic (exact) mass is 421 g/mol. The van der Waals surface area contributed by atoms with Gasteiger partial charge in [-0.3, -0.25) is 9.59 Å². The zero-order valence-electron chi connectivity index (χ0n) is 14.6. The molecule has 26 heavy (non-hydrogen) atoms. The summed E-state index contributed by atoms with van der Waals surface area (Å²) in [5, 5.41) is 0. The summed E-state index contributed by atoms with van der Waals surface area (Å²) in [6.45, 7) is 1.92. The number of aromatic nitrogens is 1. The molecular formula is C18H20BrN3O4. The quantitative estimate of drug-likeness (QED) is 0.822. The number of nitrogens with zero attached hydrogens (tertiary/aromatic N) is 2. The first-order valence-electron chi connectivity index (χ1n) is 8.18. The number of piperazine rings is 1. The number of amides is 2. The van der Waals surface area contributed by atoms with Crippen molar-refractivity contribution in [3.05, 3.63) is 46.2 Å². The molecule has 0 unspecified atom stereocenters. The first-order chi connectivity index (χ1) is 12.5. The fourth-order valence-corrected chi connectivity index (χ4v) is 3.26. The van der Waals surface area contributed by atoms with Gasteiger partial charge in [0.1, 0.15) is 17.2 Å². The minimum absolute atomic E-state index is 0.0650. The van der Waals surface area contributed by atoms with Crippen LogP contribution >= 0.6 is 15.9 Å². The molecule has 0 saturated carbocycles. The summed E-state index contributed by atoms with van der Waals surface area (Å²) in [6, 6.07) is 6.88. The Balaban J connectivity index is 1.66. The van der Waals surface area contributed by atoms with E-state index in [1.54, 1.807) is 47.4 Å². The Bertz CT molecular complexity index is 813. The minimum Gasteiger partial charge on any atom is -0.497 e. The van der Waals surface area contributed by atoms with Crippen molar-refractivity contribution in [3.8, 4) is 11.5 Å². The summed E-state index contributed by atoms with van der Waals surface area (Å²) in [4.78, 5) is 31.7. The van der Waals surface area contributed by atoms with Gasteiger partial charge in [-0.05, 0) is 34.1 Å². The standard InChI is InChI=1S/C18H20BrN3O4/c1-25-13-3-4-14(16(10-13)26-2)17(23)21-5-7-22(8-6-21)18(24)15-9-12(19)11-20-15/h3-4,9-11,20H,5-8H2,1-2H3. The summed E-state index contributed by atoms with van der Waals surface area (Å²) < 4.78 is 11.3. The minimum atomic E-state index is -0.112. The summed E-state index contributed by atoms with van der Waals surface area (Å²) in [5.41, 5.74) is 1.02. The molecule has 2 amide bonds. The van der Waals surface area contributed by atoms with Crippen LogP contribution < -0.4 is 9.47 Å². The molecule has 138 valence electrons. The average molecular weight is 422 g/mol. The normalized spacial score (nSPS) is 14.3. The molecule has 0 spiro atoms. The molecule has 1 saturated heterocycles. The third-order valence-corrected chi connectivity index (χ3v) is 4.83. The molecule has 1 aliphatic heterocycles. The summed E-state index contributed by atoms with van der Waals surface area (Å²) in [5.74, 6) is 0.930. The molecule has 1 aromatic carbocycles. The van der Waals surface area contributed by atoms with E-state index in [1.165, 1.54) is 7.11 Å². The van der Waals surface area contributed by atoms with Crippen LogP contribution in [0.3, 0.4) is 0 Å². The van der Waals surface area contributed by atoms with Crippen LogP contribution in [0.15, 0.2) is 34.9 Å². The van der Waals surface area contributed by atoms with E-state index in [2.05, 4.69) is 20.9 Å². The number of ether oxygens (including phenoxy) is 2. The van der Waals surface area contributed by atoms with Gasteiger partial charge >= 0.3 is 0 Å². The van der Waals surface area contributed by atoms with E-state index in [1.807, 2.05) is 0 Å². The first-order valence-corrected chi connectivity index (χ1v) is 8.97. The highest BCUT2D eigenvalue weighted by molar-refractivity contribution is 9.10. The number of aromatic amines is 1. The molecule has 0 aliphatic carbocycles. The molecule has 7 nitrogen and oxygen atoms in total. The number of hydrogen-bond acceptors (Lipinski definition) is 4. The van der Waals surface area contributed by atoms with Crippen molar-refractivity contribution in [3.63, 3.8) is 0 Å². The second-order valence-electron chi connectivity index (χ2n) is 5.88. The number of nitrogens with one attached hydrogen (secondary N) is 1. The van der Waals surface area contributed by atoms with Crippen molar-refractivity contribution in [2.75, 3.05) is 40.4 Å². The molecular weight excluding hydrogens is 402 g/mol. The molecule has 0 atom stereocenters. The van der Waals surface area contributed by atoms with Gasteiger partial charge in [0.2, 0.25) is 0 Å². The van der Waals surface area contributed by atoms with E-state index >= 15 is 0 Å². The van der Waals surface area contributed by atoms with Gasteiger partial charge in [-0.1, -0.05) is 0 Å². The Morgan fingerprint density at radius 1 is 1.00 bits per heavy atom. The Morgan fingerprint density at radius 2 is 1.65 bits per heavy atom. The van der Waals surface area contributed by atoms with Crippen molar-refractivity contribution in [1.82, 2.24) is 14.8 Å². The van der Waals surface area contributed by atoms with E-state index in [9.17, 15) is 9.59 Å². The van der Waals surface area contributed by atoms with Crippen LogP contribution in [0.25, 0.3) is 0 Å². The number of carbonyl (C=O) groups is 2. The maximum Gasteiger partial charge on any atom is 0.270 e. The maximum atomic E-state index is 12.8. The lowest BCUT2D eigenvalue weighted by Crippen LogP contribution is -2.50. The van der Waals surface area contributed by atoms with Gasteiger partial charge in [-0.25, -0.2) is 0 Å². The van der Waals surface area contributed by atoms with Gasteiger partial charge in [0.05, 0.1) is 19.8 Å². The van der Waals surface area contributed by atoms with Crippen molar-refractivity contribution in [2.24, 2.45) is 0 Å². The van der Waals surface area contributed by atoms with Gasteiger partial charge < -0.3 is 24.3 Å². The first kappa shape index (κ1) is 18.3. The van der Waals surface area contributed by atoms with Crippen molar-refractivity contribution in [1.29, 1.82) is 0 Å². The summed E-state index contributed by atoms with van der Waals surface area (Å²) in [7, 11) is 3.09. The van der Waals surface area contributed by atoms with E-state index in [-0.39, 0.29) is 11.8 Å². The zero-order chi connectivity index (χ0) is 18.7. The van der Waals surface area contributed by atoms with Crippen molar-refractivity contribution >= 4 is 27.7 Å². The van der Waals surface area contributed by atoms with Crippen molar-refractivity contribution in [2.45, 2.75) is 0 Å². The lowest BCUT2D eigenvalue weighted by Gasteiger charge is -2.34. The Kier molecular flexibility index (Phi) is 5.51. The van der Waals surface area contributed by atoms with Crippen molar-refractivity contribution < 1.29 is 19.1 Å². The predicted molar refractivity (Wildman–Crippen MR) is 99.8 cm³/mol. The molecule has 1 aromatic heterocycles. The number of benzene rings is 1. The number of hydrogen-bond donors (Lipinski definition) is 1. The molecule has 0 bridgehead atoms. The van der Waals surface area contributed by atoms with Crippen LogP contribution in [0, 0.1) is 0 Å². The number of methoxy groups -OCH3 is 2. The van der Waals surface area contributed by atoms with E-state index < -0.39 is 0 Å². The predicted octanol–water partition coefficient (Wildman–Crippen LogP) is 2.39. The Labute approximate surface area is 160 Å². The smallest absolute Gasteiger partial charge is 0.270 e. The fraction of sp³-hybridized carbons (Fsp3) is 0.333. The van der Waals surface area contributed by atoms with Crippen LogP contribution in [-0.2, 0) is 0 Å². The zero-order valence-corrected chi connectivity index (χ0v) is 16.2. The van der Waals surface area contributed by atoms with Crippen LogP contribution in [0.2, 0.25) is 0 Å². The lowest BCUT2D eigenvalue weighted by molar-refractivity contribution is 0.0531. The Hall–Kier alpha value is -2.48. The maximum absolute atomic E-state index is 12.8. The highest BCUT2D eigenvalue weighted by Crippen LogP contribution is 2.26. The lowest BCUT2D eigenvalue weighted by atomic mass is 10.1. The molecule has 1 N–H and O–H groups in total. The van der Waals surface area contributed by atoms with E-state index in [0.717, 1.165) is 4.47 Å². The van der Waals surface area contributed by atoms with E-state index in [4.69, 9.17) is 9.47 Å². The molecule has 3 rings (SSSR count). The molecule has 0 radical (unpaired) electrons. The van der Waals surface area contributed by atoms with Crippen LogP contribution in [0.1, 0.15) is 20.8 Å². The summed E-state index contributed by atoms with van der Waals surface area (Å²) >= 11 is 3.33. The topological polar surface area (TPSA) is 74.9 Å². The SMILES string of the molecule is COc1ccc(C(=O)N2CCN(C(=O)c3cc(Br)c[nH]3)CC2)c(OC)c1. The molecule has 8 heteroatoms. The molecule has 1 aliphatic rings. The Morgan fingerprint density at radius 3 is 2.19 bits per heavy atom. The molecule has 2 aromatic rings. The van der Waals surface area contributed by atoms with Gasteiger partial charge in [-0.2, -0.15) is 0 Å². The largest absolute Gasteiger partial charge is 0.497 e.